The van der Waals surface area contributed by atoms with Gasteiger partial charge < -0.3 is 14.8 Å². The Morgan fingerprint density at radius 3 is 2.76 bits per heavy atom. The summed E-state index contributed by atoms with van der Waals surface area (Å²) in [6, 6.07) is 1.97. The molecule has 17 heavy (non-hydrogen) atoms. The highest BCUT2D eigenvalue weighted by molar-refractivity contribution is 5.36. The minimum absolute atomic E-state index is 0.144. The molecule has 1 fully saturated rings. The van der Waals surface area contributed by atoms with E-state index >= 15 is 0 Å². The van der Waals surface area contributed by atoms with Crippen LogP contribution >= 0.6 is 0 Å². The van der Waals surface area contributed by atoms with Crippen molar-refractivity contribution >= 4 is 5.82 Å². The Morgan fingerprint density at radius 1 is 1.35 bits per heavy atom. The van der Waals surface area contributed by atoms with Gasteiger partial charge in [-0.1, -0.05) is 13.8 Å². The number of nitrogens with zero attached hydrogens (tertiary/aromatic N) is 2. The fourth-order valence-corrected chi connectivity index (χ4v) is 1.69. The number of anilines is 1. The Labute approximate surface area is 102 Å². The molecule has 0 radical (unpaired) electrons. The van der Waals surface area contributed by atoms with Crippen molar-refractivity contribution in [3.05, 3.63) is 17.6 Å². The first-order valence-corrected chi connectivity index (χ1v) is 5.96. The highest BCUT2D eigenvalue weighted by Gasteiger charge is 2.21. The number of nitrogens with one attached hydrogen (secondary N) is 1. The Morgan fingerprint density at radius 2 is 2.18 bits per heavy atom. The summed E-state index contributed by atoms with van der Waals surface area (Å²) in [6.45, 7) is 6.02. The zero-order valence-electron chi connectivity index (χ0n) is 10.6. The van der Waals surface area contributed by atoms with Gasteiger partial charge in [0.05, 0.1) is 19.8 Å². The van der Waals surface area contributed by atoms with Crippen molar-refractivity contribution in [3.63, 3.8) is 0 Å². The lowest BCUT2D eigenvalue weighted by molar-refractivity contribution is -0.0935. The van der Waals surface area contributed by atoms with Crippen LogP contribution < -0.4 is 5.32 Å². The van der Waals surface area contributed by atoms with Gasteiger partial charge in [-0.2, -0.15) is 0 Å². The zero-order chi connectivity index (χ0) is 12.3. The van der Waals surface area contributed by atoms with E-state index in [9.17, 15) is 0 Å². The van der Waals surface area contributed by atoms with Gasteiger partial charge in [0.1, 0.15) is 11.9 Å². The first kappa shape index (κ1) is 12.3. The monoisotopic (exact) mass is 237 g/mol. The van der Waals surface area contributed by atoms with Gasteiger partial charge in [-0.3, -0.25) is 0 Å². The highest BCUT2D eigenvalue weighted by atomic mass is 16.6. The summed E-state index contributed by atoms with van der Waals surface area (Å²) in [5, 5.41) is 3.05. The average Bonchev–Trinajstić information content (AvgIpc) is 2.39. The minimum Gasteiger partial charge on any atom is -0.376 e. The molecule has 1 aromatic heterocycles. The van der Waals surface area contributed by atoms with Crippen LogP contribution in [0, 0.1) is 0 Å². The second-order valence-corrected chi connectivity index (χ2v) is 4.38. The maximum absolute atomic E-state index is 5.62. The van der Waals surface area contributed by atoms with E-state index in [4.69, 9.17) is 9.47 Å². The second-order valence-electron chi connectivity index (χ2n) is 4.38. The SMILES string of the molecule is CNc1cc(C(C)C)nc(C2COCCO2)n1. The van der Waals surface area contributed by atoms with Gasteiger partial charge in [0.15, 0.2) is 5.82 Å². The Hall–Kier alpha value is -1.20. The molecule has 2 rings (SSSR count). The van der Waals surface area contributed by atoms with E-state index in [0.29, 0.717) is 31.6 Å². The van der Waals surface area contributed by atoms with Crippen molar-refractivity contribution in [2.45, 2.75) is 25.9 Å². The van der Waals surface area contributed by atoms with Crippen molar-refractivity contribution in [1.82, 2.24) is 9.97 Å². The van der Waals surface area contributed by atoms with E-state index in [-0.39, 0.29) is 6.10 Å². The molecular weight excluding hydrogens is 218 g/mol. The van der Waals surface area contributed by atoms with Gasteiger partial charge in [0, 0.05) is 18.8 Å². The molecule has 2 heterocycles. The molecule has 94 valence electrons. The van der Waals surface area contributed by atoms with Crippen LogP contribution in [0.3, 0.4) is 0 Å². The molecular formula is C12H19N3O2. The Kier molecular flexibility index (Phi) is 3.91. The van der Waals surface area contributed by atoms with Crippen LogP contribution in [0.5, 0.6) is 0 Å². The zero-order valence-corrected chi connectivity index (χ0v) is 10.6. The summed E-state index contributed by atoms with van der Waals surface area (Å²) < 4.78 is 11.0. The van der Waals surface area contributed by atoms with E-state index in [1.165, 1.54) is 0 Å². The highest BCUT2D eigenvalue weighted by Crippen LogP contribution is 2.22. The van der Waals surface area contributed by atoms with Crippen LogP contribution in [0.2, 0.25) is 0 Å². The number of rotatable bonds is 3. The van der Waals surface area contributed by atoms with E-state index in [1.807, 2.05) is 13.1 Å². The maximum atomic E-state index is 5.62. The molecule has 0 aliphatic carbocycles. The molecule has 1 N–H and O–H groups in total. The van der Waals surface area contributed by atoms with Crippen LogP contribution in [-0.2, 0) is 9.47 Å². The first-order chi connectivity index (χ1) is 8.20. The molecule has 1 aromatic rings. The molecule has 0 aromatic carbocycles. The predicted molar refractivity (Wildman–Crippen MR) is 65.2 cm³/mol. The third-order valence-electron chi connectivity index (χ3n) is 2.71. The van der Waals surface area contributed by atoms with Gasteiger partial charge in [-0.25, -0.2) is 9.97 Å². The number of hydrogen-bond donors (Lipinski definition) is 1. The first-order valence-electron chi connectivity index (χ1n) is 5.96. The van der Waals surface area contributed by atoms with E-state index in [2.05, 4.69) is 29.1 Å². The van der Waals surface area contributed by atoms with Gasteiger partial charge in [0.25, 0.3) is 0 Å². The summed E-state index contributed by atoms with van der Waals surface area (Å²) in [4.78, 5) is 8.98. The average molecular weight is 237 g/mol. The lowest BCUT2D eigenvalue weighted by Crippen LogP contribution is -2.24. The van der Waals surface area contributed by atoms with E-state index in [0.717, 1.165) is 11.5 Å². The van der Waals surface area contributed by atoms with E-state index < -0.39 is 0 Å². The van der Waals surface area contributed by atoms with Crippen LogP contribution in [-0.4, -0.2) is 36.8 Å². The molecule has 5 heteroatoms. The number of ether oxygens (including phenoxy) is 2. The second kappa shape index (κ2) is 5.42. The van der Waals surface area contributed by atoms with Crippen LogP contribution in [0.4, 0.5) is 5.82 Å². The fourth-order valence-electron chi connectivity index (χ4n) is 1.69. The minimum atomic E-state index is -0.144. The summed E-state index contributed by atoms with van der Waals surface area (Å²) >= 11 is 0. The number of aromatic nitrogens is 2. The van der Waals surface area contributed by atoms with Crippen LogP contribution in [0.15, 0.2) is 6.07 Å². The third kappa shape index (κ3) is 2.92. The Balaban J connectivity index is 2.28. The van der Waals surface area contributed by atoms with Gasteiger partial charge >= 0.3 is 0 Å². The van der Waals surface area contributed by atoms with E-state index in [1.54, 1.807) is 0 Å². The van der Waals surface area contributed by atoms with Crippen molar-refractivity contribution in [2.24, 2.45) is 0 Å². The molecule has 1 aliphatic rings. The third-order valence-corrected chi connectivity index (χ3v) is 2.71. The van der Waals surface area contributed by atoms with Crippen molar-refractivity contribution in [1.29, 1.82) is 0 Å². The van der Waals surface area contributed by atoms with Crippen LogP contribution in [0.25, 0.3) is 0 Å². The molecule has 1 unspecified atom stereocenters. The molecule has 1 saturated heterocycles. The molecule has 0 bridgehead atoms. The van der Waals surface area contributed by atoms with Crippen molar-refractivity contribution < 1.29 is 9.47 Å². The smallest absolute Gasteiger partial charge is 0.162 e. The number of hydrogen-bond acceptors (Lipinski definition) is 5. The largest absolute Gasteiger partial charge is 0.376 e. The molecule has 1 atom stereocenters. The fraction of sp³-hybridized carbons (Fsp3) is 0.667. The molecule has 1 aliphatic heterocycles. The normalized spacial score (nSPS) is 20.6. The lowest BCUT2D eigenvalue weighted by Gasteiger charge is -2.22. The lowest BCUT2D eigenvalue weighted by atomic mass is 10.1. The standard InChI is InChI=1S/C12H19N3O2/c1-8(2)9-6-11(13-3)15-12(14-9)10-7-16-4-5-17-10/h6,8,10H,4-5,7H2,1-3H3,(H,13,14,15). The summed E-state index contributed by atoms with van der Waals surface area (Å²) in [5.41, 5.74) is 1.02. The topological polar surface area (TPSA) is 56.3 Å². The predicted octanol–water partition coefficient (Wildman–Crippen LogP) is 1.73. The summed E-state index contributed by atoms with van der Waals surface area (Å²) in [6.07, 6.45) is -0.144. The summed E-state index contributed by atoms with van der Waals surface area (Å²) in [7, 11) is 1.86. The van der Waals surface area contributed by atoms with Crippen molar-refractivity contribution in [2.75, 3.05) is 32.2 Å². The van der Waals surface area contributed by atoms with Crippen LogP contribution in [0.1, 0.15) is 37.4 Å². The summed E-state index contributed by atoms with van der Waals surface area (Å²) in [5.74, 6) is 1.90. The molecule has 5 nitrogen and oxygen atoms in total. The molecule has 0 spiro atoms. The van der Waals surface area contributed by atoms with Gasteiger partial charge in [-0.15, -0.1) is 0 Å². The quantitative estimate of drug-likeness (QED) is 0.867. The molecule has 0 amide bonds. The van der Waals surface area contributed by atoms with Gasteiger partial charge in [-0.05, 0) is 5.92 Å². The Bertz CT molecular complexity index is 376. The van der Waals surface area contributed by atoms with Gasteiger partial charge in [0.2, 0.25) is 0 Å². The van der Waals surface area contributed by atoms with Crippen molar-refractivity contribution in [3.8, 4) is 0 Å². The maximum Gasteiger partial charge on any atom is 0.162 e. The molecule has 0 saturated carbocycles.